The monoisotopic (exact) mass is 355 g/mol. The molecule has 0 bridgehead atoms. The van der Waals surface area contributed by atoms with Crippen LogP contribution in [0.3, 0.4) is 0 Å². The lowest BCUT2D eigenvalue weighted by Gasteiger charge is -2.29. The molecule has 2 aromatic rings. The molecule has 0 N–H and O–H groups in total. The van der Waals surface area contributed by atoms with E-state index < -0.39 is 0 Å². The summed E-state index contributed by atoms with van der Waals surface area (Å²) >= 11 is 0. The molecular weight excluding hydrogens is 330 g/mol. The van der Waals surface area contributed by atoms with Crippen molar-refractivity contribution in [3.63, 3.8) is 0 Å². The average molecular weight is 355 g/mol. The zero-order valence-electron chi connectivity index (χ0n) is 15.4. The van der Waals surface area contributed by atoms with Crippen molar-refractivity contribution in [3.8, 4) is 0 Å². The fraction of sp³-hybridized carbons (Fsp3) is 0.500. The highest BCUT2D eigenvalue weighted by Gasteiger charge is 2.26. The third kappa shape index (κ3) is 3.33. The van der Waals surface area contributed by atoms with E-state index in [-0.39, 0.29) is 11.8 Å². The Morgan fingerprint density at radius 3 is 2.54 bits per heavy atom. The van der Waals surface area contributed by atoms with Gasteiger partial charge in [0.25, 0.3) is 5.91 Å². The molecule has 2 aliphatic rings. The van der Waals surface area contributed by atoms with Crippen LogP contribution in [0.2, 0.25) is 0 Å². The molecule has 1 aromatic heterocycles. The Labute approximate surface area is 153 Å². The number of carbonyl (C=O) groups excluding carboxylic acids is 1. The molecular formula is C20H25N3O3. The number of carbonyl (C=O) groups is 1. The van der Waals surface area contributed by atoms with Gasteiger partial charge in [0.2, 0.25) is 0 Å². The number of oxazole rings is 1. The Kier molecular flexibility index (Phi) is 4.68. The van der Waals surface area contributed by atoms with E-state index in [1.54, 1.807) is 0 Å². The van der Waals surface area contributed by atoms with Gasteiger partial charge in [-0.25, -0.2) is 4.98 Å². The average Bonchev–Trinajstić information content (AvgIpc) is 3.12. The van der Waals surface area contributed by atoms with Crippen LogP contribution >= 0.6 is 0 Å². The molecule has 1 aromatic carbocycles. The van der Waals surface area contributed by atoms with Gasteiger partial charge in [0.15, 0.2) is 5.89 Å². The molecule has 0 saturated carbocycles. The third-order valence-electron chi connectivity index (χ3n) is 5.02. The second-order valence-electron chi connectivity index (χ2n) is 7.20. The summed E-state index contributed by atoms with van der Waals surface area (Å²) in [6, 6.07) is 7.90. The number of hydrogen-bond donors (Lipinski definition) is 0. The zero-order valence-corrected chi connectivity index (χ0v) is 15.4. The summed E-state index contributed by atoms with van der Waals surface area (Å²) in [6.07, 6.45) is 0.729. The first kappa shape index (κ1) is 17.1. The minimum absolute atomic E-state index is 0.0540. The van der Waals surface area contributed by atoms with E-state index in [0.717, 1.165) is 61.3 Å². The summed E-state index contributed by atoms with van der Waals surface area (Å²) in [4.78, 5) is 21.6. The van der Waals surface area contributed by atoms with Gasteiger partial charge in [-0.3, -0.25) is 4.79 Å². The predicted octanol–water partition coefficient (Wildman–Crippen LogP) is 2.83. The van der Waals surface area contributed by atoms with E-state index >= 15 is 0 Å². The van der Waals surface area contributed by atoms with Crippen LogP contribution < -0.4 is 4.90 Å². The number of aromatic nitrogens is 1. The predicted molar refractivity (Wildman–Crippen MR) is 98.5 cm³/mol. The van der Waals surface area contributed by atoms with Crippen LogP contribution in [-0.4, -0.2) is 48.6 Å². The fourth-order valence-corrected chi connectivity index (χ4v) is 3.46. The maximum Gasteiger partial charge on any atom is 0.254 e. The maximum atomic E-state index is 12.9. The van der Waals surface area contributed by atoms with Gasteiger partial charge in [-0.2, -0.15) is 0 Å². The van der Waals surface area contributed by atoms with E-state index in [0.29, 0.717) is 13.1 Å². The Balaban J connectivity index is 1.45. The summed E-state index contributed by atoms with van der Waals surface area (Å²) in [7, 11) is 0. The highest BCUT2D eigenvalue weighted by molar-refractivity contribution is 5.94. The van der Waals surface area contributed by atoms with Gasteiger partial charge in [0, 0.05) is 43.2 Å². The molecule has 4 rings (SSSR count). The molecule has 0 spiro atoms. The minimum Gasteiger partial charge on any atom is -0.445 e. The van der Waals surface area contributed by atoms with Crippen LogP contribution in [0.5, 0.6) is 0 Å². The molecule has 26 heavy (non-hydrogen) atoms. The number of hydrogen-bond acceptors (Lipinski definition) is 5. The Morgan fingerprint density at radius 1 is 1.12 bits per heavy atom. The molecule has 6 nitrogen and oxygen atoms in total. The lowest BCUT2D eigenvalue weighted by Crippen LogP contribution is -2.37. The van der Waals surface area contributed by atoms with Crippen molar-refractivity contribution in [2.45, 2.75) is 32.7 Å². The summed E-state index contributed by atoms with van der Waals surface area (Å²) < 4.78 is 11.2. The summed E-state index contributed by atoms with van der Waals surface area (Å²) in [6.45, 7) is 8.63. The number of fused-ring (bicyclic) bond motifs is 1. The Bertz CT molecular complexity index is 776. The highest BCUT2D eigenvalue weighted by atomic mass is 16.5. The van der Waals surface area contributed by atoms with Gasteiger partial charge >= 0.3 is 0 Å². The molecule has 0 radical (unpaired) electrons. The standard InChI is InChI=1S/C20H25N3O3/c1-14(2)19-21-17-13-23(8-7-18(17)26-19)20(24)15-3-5-16(6-4-15)22-9-11-25-12-10-22/h3-6,14H,7-13H2,1-2H3. The second kappa shape index (κ2) is 7.11. The van der Waals surface area contributed by atoms with Gasteiger partial charge < -0.3 is 19.0 Å². The lowest BCUT2D eigenvalue weighted by molar-refractivity contribution is 0.0728. The molecule has 2 aliphatic heterocycles. The maximum absolute atomic E-state index is 12.9. The smallest absolute Gasteiger partial charge is 0.254 e. The normalized spacial score (nSPS) is 17.5. The molecule has 1 fully saturated rings. The Hall–Kier alpha value is -2.34. The van der Waals surface area contributed by atoms with Crippen molar-refractivity contribution >= 4 is 11.6 Å². The van der Waals surface area contributed by atoms with Crippen molar-refractivity contribution in [2.75, 3.05) is 37.7 Å². The molecule has 0 aliphatic carbocycles. The second-order valence-corrected chi connectivity index (χ2v) is 7.20. The van der Waals surface area contributed by atoms with Crippen molar-refractivity contribution < 1.29 is 13.9 Å². The van der Waals surface area contributed by atoms with E-state index in [1.165, 1.54) is 0 Å². The van der Waals surface area contributed by atoms with E-state index in [9.17, 15) is 4.79 Å². The summed E-state index contributed by atoms with van der Waals surface area (Å²) in [5, 5.41) is 0. The Morgan fingerprint density at radius 2 is 1.85 bits per heavy atom. The molecule has 138 valence electrons. The van der Waals surface area contributed by atoms with E-state index in [4.69, 9.17) is 9.15 Å². The molecule has 0 unspecified atom stereocenters. The molecule has 6 heteroatoms. The number of rotatable bonds is 3. The highest BCUT2D eigenvalue weighted by Crippen LogP contribution is 2.25. The first-order valence-corrected chi connectivity index (χ1v) is 9.32. The first-order valence-electron chi connectivity index (χ1n) is 9.32. The number of benzene rings is 1. The van der Waals surface area contributed by atoms with Gasteiger partial charge in [0.1, 0.15) is 11.5 Å². The van der Waals surface area contributed by atoms with Crippen LogP contribution in [-0.2, 0) is 17.7 Å². The quantitative estimate of drug-likeness (QED) is 0.847. The summed E-state index contributed by atoms with van der Waals surface area (Å²) in [5.74, 6) is 2.01. The number of amides is 1. The number of morpholine rings is 1. The van der Waals surface area contributed by atoms with Gasteiger partial charge in [0.05, 0.1) is 19.8 Å². The van der Waals surface area contributed by atoms with Crippen LogP contribution in [0.15, 0.2) is 28.7 Å². The van der Waals surface area contributed by atoms with Gasteiger partial charge in [-0.15, -0.1) is 0 Å². The van der Waals surface area contributed by atoms with E-state index in [1.807, 2.05) is 29.2 Å². The van der Waals surface area contributed by atoms with Crippen LogP contribution in [0, 0.1) is 0 Å². The van der Waals surface area contributed by atoms with Crippen LogP contribution in [0.1, 0.15) is 47.5 Å². The van der Waals surface area contributed by atoms with Gasteiger partial charge in [-0.1, -0.05) is 13.8 Å². The SMILES string of the molecule is CC(C)c1nc2c(o1)CCN(C(=O)c1ccc(N3CCOCC3)cc1)C2. The van der Waals surface area contributed by atoms with E-state index in [2.05, 4.69) is 23.7 Å². The molecule has 3 heterocycles. The number of nitrogens with zero attached hydrogens (tertiary/aromatic N) is 3. The molecule has 1 amide bonds. The zero-order chi connectivity index (χ0) is 18.1. The van der Waals surface area contributed by atoms with Crippen LogP contribution in [0.25, 0.3) is 0 Å². The van der Waals surface area contributed by atoms with Crippen molar-refractivity contribution in [3.05, 3.63) is 47.2 Å². The van der Waals surface area contributed by atoms with Crippen LogP contribution in [0.4, 0.5) is 5.69 Å². The fourth-order valence-electron chi connectivity index (χ4n) is 3.46. The van der Waals surface area contributed by atoms with Crippen molar-refractivity contribution in [2.24, 2.45) is 0 Å². The number of ether oxygens (including phenoxy) is 1. The molecule has 1 saturated heterocycles. The summed E-state index contributed by atoms with van der Waals surface area (Å²) in [5.41, 5.74) is 2.76. The van der Waals surface area contributed by atoms with Crippen molar-refractivity contribution in [1.82, 2.24) is 9.88 Å². The van der Waals surface area contributed by atoms with Gasteiger partial charge in [-0.05, 0) is 24.3 Å². The third-order valence-corrected chi connectivity index (χ3v) is 5.02. The van der Waals surface area contributed by atoms with Crippen molar-refractivity contribution in [1.29, 1.82) is 0 Å². The molecule has 0 atom stereocenters. The lowest BCUT2D eigenvalue weighted by atomic mass is 10.1. The largest absolute Gasteiger partial charge is 0.445 e. The minimum atomic E-state index is 0.0540. The topological polar surface area (TPSA) is 58.8 Å². The number of anilines is 1. The first-order chi connectivity index (χ1) is 12.6.